The third-order valence-electron chi connectivity index (χ3n) is 3.83. The maximum atomic E-state index is 5.76. The molecule has 1 aliphatic heterocycles. The number of aromatic nitrogens is 3. The van der Waals surface area contributed by atoms with Crippen molar-refractivity contribution in [3.63, 3.8) is 0 Å². The number of benzene rings is 1. The van der Waals surface area contributed by atoms with Gasteiger partial charge in [0.25, 0.3) is 0 Å². The number of halogens is 3. The van der Waals surface area contributed by atoms with Gasteiger partial charge in [-0.05, 0) is 61.4 Å². The molecule has 0 amide bonds. The van der Waals surface area contributed by atoms with E-state index in [1.54, 1.807) is 24.5 Å². The van der Waals surface area contributed by atoms with Gasteiger partial charge in [-0.2, -0.15) is 13.4 Å². The van der Waals surface area contributed by atoms with Crippen molar-refractivity contribution in [3.8, 4) is 11.4 Å². The van der Waals surface area contributed by atoms with Crippen LogP contribution in [0.15, 0.2) is 97.3 Å². The second-order valence-electron chi connectivity index (χ2n) is 6.33. The number of pyridine rings is 3. The molecule has 0 unspecified atom stereocenters. The molecule has 33 heavy (non-hydrogen) atoms. The van der Waals surface area contributed by atoms with Crippen LogP contribution in [0.5, 0.6) is 0 Å². The Labute approximate surface area is 218 Å². The van der Waals surface area contributed by atoms with E-state index >= 15 is 0 Å². The zero-order valence-electron chi connectivity index (χ0n) is 18.9. The second kappa shape index (κ2) is 18.3. The van der Waals surface area contributed by atoms with Gasteiger partial charge in [-0.15, -0.1) is 0 Å². The molecule has 0 N–H and O–H groups in total. The molecule has 0 bridgehead atoms. The first kappa shape index (κ1) is 27.1. The Morgan fingerprint density at radius 2 is 1.21 bits per heavy atom. The van der Waals surface area contributed by atoms with Crippen molar-refractivity contribution in [1.29, 1.82) is 1.12 Å². The van der Waals surface area contributed by atoms with E-state index in [1.807, 2.05) is 72.8 Å². The summed E-state index contributed by atoms with van der Waals surface area (Å²) in [5.74, 6) is 0. The minimum Gasteiger partial charge on any atom is -0.381 e. The van der Waals surface area contributed by atoms with Crippen molar-refractivity contribution < 1.29 is 4.74 Å². The number of nitrogens with zero attached hydrogens (tertiary/aromatic N) is 3. The number of hydrogen-bond donors (Lipinski definition) is 0. The monoisotopic (exact) mass is 522 g/mol. The number of ether oxygens (including phenoxy) is 1. The Morgan fingerprint density at radius 3 is 1.61 bits per heavy atom. The summed E-state index contributed by atoms with van der Waals surface area (Å²) in [5.41, 5.74) is 1.64. The predicted octanol–water partition coefficient (Wildman–Crippen LogP) is 7.78. The van der Waals surface area contributed by atoms with E-state index in [1.165, 1.54) is 12.8 Å². The van der Waals surface area contributed by atoms with Gasteiger partial charge in [0.2, 0.25) is 0 Å². The van der Waals surface area contributed by atoms with Gasteiger partial charge < -0.3 is 4.74 Å². The van der Waals surface area contributed by atoms with Crippen LogP contribution in [0.2, 0.25) is 15.3 Å². The highest BCUT2D eigenvalue weighted by molar-refractivity contribution is 7.59. The largest absolute Gasteiger partial charge is 0.381 e. The van der Waals surface area contributed by atoms with Gasteiger partial charge in [0.1, 0.15) is 10.3 Å². The summed E-state index contributed by atoms with van der Waals surface area (Å²) >= 11 is 19.5. The van der Waals surface area contributed by atoms with E-state index in [0.29, 0.717) is 10.3 Å². The Balaban J connectivity index is 0.000000236. The molecule has 3 aromatic heterocycles. The molecule has 4 aromatic rings. The van der Waals surface area contributed by atoms with Gasteiger partial charge in [0.05, 0.1) is 12.5 Å². The third-order valence-corrected chi connectivity index (χ3v) is 4.52. The van der Waals surface area contributed by atoms with E-state index in [0.717, 1.165) is 29.6 Å². The normalized spacial score (nSPS) is 11.5. The smallest absolute Gasteiger partial charge is 0.129 e. The summed E-state index contributed by atoms with van der Waals surface area (Å²) in [6.07, 6.45) is 5.94. The maximum absolute atomic E-state index is 5.76. The number of hydrogen-bond acceptors (Lipinski definition) is 4. The zero-order valence-corrected chi connectivity index (χ0v) is 21.1. The fourth-order valence-electron chi connectivity index (χ4n) is 2.33. The van der Waals surface area contributed by atoms with Gasteiger partial charge in [-0.3, -0.25) is 4.98 Å². The van der Waals surface area contributed by atoms with Gasteiger partial charge in [0.15, 0.2) is 0 Å². The molecule has 5 rings (SSSR count). The van der Waals surface area contributed by atoms with E-state index in [2.05, 4.69) is 28.4 Å². The van der Waals surface area contributed by atoms with Gasteiger partial charge in [-0.1, -0.05) is 71.2 Å². The lowest BCUT2D eigenvalue weighted by Gasteiger charge is -1.98. The lowest BCUT2D eigenvalue weighted by Crippen LogP contribution is -1.85. The van der Waals surface area contributed by atoms with Gasteiger partial charge in [-0.25, -0.2) is 9.97 Å². The van der Waals surface area contributed by atoms with Crippen LogP contribution in [0.3, 0.4) is 0 Å². The topological polar surface area (TPSA) is 47.9 Å². The van der Waals surface area contributed by atoms with E-state index < -0.39 is 0 Å². The van der Waals surface area contributed by atoms with Crippen LogP contribution < -0.4 is 0 Å². The fraction of sp³-hybridized carbons (Fsp3) is 0.160. The van der Waals surface area contributed by atoms with Crippen LogP contribution in [0, 0.1) is 0 Å². The Morgan fingerprint density at radius 1 is 0.636 bits per heavy atom. The second-order valence-corrected chi connectivity index (χ2v) is 7.54. The summed E-state index contributed by atoms with van der Waals surface area (Å²) in [6.45, 7) is 2.00. The summed E-state index contributed by atoms with van der Waals surface area (Å²) < 4.78 is 10.4. The summed E-state index contributed by atoms with van der Waals surface area (Å²) in [6, 6.07) is 26.0. The molecule has 1 aromatic carbocycles. The molecule has 0 radical (unpaired) electrons. The fourth-order valence-corrected chi connectivity index (χ4v) is 2.77. The molecule has 4 nitrogen and oxygen atoms in total. The molecule has 0 saturated carbocycles. The first-order valence-electron chi connectivity index (χ1n) is 10.5. The standard InChI is InChI=1S/C10H7ClN2.C6H5Cl.C5H4ClN.C4H8O.H2S/c11-10-6-3-5-9(13-10)8-4-1-2-7-12-8;7-6-4-2-1-3-5-6;6-5-3-1-2-4-7-5;1-2-4-5-3-1;/h1-7H;1-5H;1-4H;1-4H2;1H2/i/hD. The quantitative estimate of drug-likeness (QED) is 0.239. The maximum Gasteiger partial charge on any atom is 0.129 e. The Hall–Kier alpha value is -2.15. The highest BCUT2D eigenvalue weighted by atomic mass is 35.5. The zero-order chi connectivity index (χ0) is 24.9. The molecule has 0 atom stereocenters. The van der Waals surface area contributed by atoms with Crippen LogP contribution in [0.1, 0.15) is 12.8 Å². The Kier molecular flexibility index (Phi) is 15.0. The van der Waals surface area contributed by atoms with Crippen molar-refractivity contribution in [2.24, 2.45) is 0 Å². The van der Waals surface area contributed by atoms with E-state index in [9.17, 15) is 0 Å². The van der Waals surface area contributed by atoms with Gasteiger partial charge >= 0.3 is 0 Å². The van der Waals surface area contributed by atoms with Crippen molar-refractivity contribution in [1.82, 2.24) is 15.0 Å². The van der Waals surface area contributed by atoms with Gasteiger partial charge in [0, 0.05) is 30.6 Å². The first-order valence-corrected chi connectivity index (χ1v) is 11.2. The average molecular weight is 524 g/mol. The van der Waals surface area contributed by atoms with Crippen molar-refractivity contribution in [2.75, 3.05) is 13.2 Å². The van der Waals surface area contributed by atoms with E-state index in [4.69, 9.17) is 40.7 Å². The molecule has 1 aliphatic rings. The molecule has 1 fully saturated rings. The molecule has 1 saturated heterocycles. The average Bonchev–Trinajstić information content (AvgIpc) is 3.48. The minimum atomic E-state index is 0.489. The summed E-state index contributed by atoms with van der Waals surface area (Å²) in [7, 11) is 0. The lowest BCUT2D eigenvalue weighted by molar-refractivity contribution is 0.198. The molecule has 0 spiro atoms. The molecule has 4 heterocycles. The minimum absolute atomic E-state index is 0.489. The molecule has 174 valence electrons. The van der Waals surface area contributed by atoms with Crippen LogP contribution in [-0.4, -0.2) is 29.3 Å². The van der Waals surface area contributed by atoms with Crippen LogP contribution >= 0.6 is 48.2 Å². The molecular weight excluding hydrogens is 497 g/mol. The molecule has 0 aliphatic carbocycles. The molecular formula is C25H26Cl3N3OS. The van der Waals surface area contributed by atoms with Crippen LogP contribution in [-0.2, 0) is 4.74 Å². The number of rotatable bonds is 1. The van der Waals surface area contributed by atoms with Crippen molar-refractivity contribution in [3.05, 3.63) is 113 Å². The predicted molar refractivity (Wildman–Crippen MR) is 144 cm³/mol. The highest BCUT2D eigenvalue weighted by Gasteiger charge is 1.99. The van der Waals surface area contributed by atoms with Crippen molar-refractivity contribution >= 4 is 48.2 Å². The Bertz CT molecular complexity index is 955. The highest BCUT2D eigenvalue weighted by Crippen LogP contribution is 2.15. The van der Waals surface area contributed by atoms with Crippen LogP contribution in [0.4, 0.5) is 0 Å². The first-order chi connectivity index (χ1) is 16.6. The lowest BCUT2D eigenvalue weighted by atomic mass is 10.2. The summed E-state index contributed by atoms with van der Waals surface area (Å²) in [5, 5.41) is 1.83. The third kappa shape index (κ3) is 13.9. The van der Waals surface area contributed by atoms with Crippen LogP contribution in [0.25, 0.3) is 11.4 Å². The van der Waals surface area contributed by atoms with Crippen molar-refractivity contribution in [2.45, 2.75) is 12.8 Å². The molecule has 8 heteroatoms. The van der Waals surface area contributed by atoms with E-state index in [-0.39, 0.29) is 0 Å². The SMILES string of the molecule is C1CCOC1.Clc1cccc(-c2ccccn2)n1.Clc1ccccc1.Clc1ccccn1.[2H]S. The summed E-state index contributed by atoms with van der Waals surface area (Å²) in [4.78, 5) is 12.1.